The van der Waals surface area contributed by atoms with E-state index in [-0.39, 0.29) is 18.2 Å². The van der Waals surface area contributed by atoms with Crippen molar-refractivity contribution in [2.75, 3.05) is 11.5 Å². The van der Waals surface area contributed by atoms with Crippen LogP contribution in [0, 0.1) is 0 Å². The Morgan fingerprint density at radius 2 is 1.18 bits per heavy atom. The van der Waals surface area contributed by atoms with E-state index in [0.29, 0.717) is 48.2 Å². The number of nitrogens with two attached hydrogens (primary N) is 2. The topological polar surface area (TPSA) is 105 Å². The first-order valence-electron chi connectivity index (χ1n) is 9.64. The molecule has 1 saturated carbocycles. The van der Waals surface area contributed by atoms with Gasteiger partial charge >= 0.3 is 11.9 Å². The van der Waals surface area contributed by atoms with Gasteiger partial charge in [-0.05, 0) is 56.0 Å². The van der Waals surface area contributed by atoms with Gasteiger partial charge in [0, 0.05) is 11.4 Å². The fourth-order valence-electron chi connectivity index (χ4n) is 3.08. The van der Waals surface area contributed by atoms with Crippen LogP contribution in [0.4, 0.5) is 11.4 Å². The van der Waals surface area contributed by atoms with Crippen molar-refractivity contribution in [1.29, 1.82) is 0 Å². The Morgan fingerprint density at radius 1 is 0.750 bits per heavy atom. The van der Waals surface area contributed by atoms with Gasteiger partial charge in [-0.3, -0.25) is 0 Å². The molecule has 0 bridgehead atoms. The second kappa shape index (κ2) is 10.3. The normalized spacial score (nSPS) is 18.4. The second-order valence-corrected chi connectivity index (χ2v) is 6.46. The number of hydrogen-bond donors (Lipinski definition) is 2. The summed E-state index contributed by atoms with van der Waals surface area (Å²) in [6.45, 7) is 4.00. The number of anilines is 2. The van der Waals surface area contributed by atoms with Gasteiger partial charge in [-0.15, -0.1) is 0 Å². The number of esters is 2. The molecule has 6 nitrogen and oxygen atoms in total. The van der Waals surface area contributed by atoms with E-state index in [9.17, 15) is 9.59 Å². The minimum Gasteiger partial charge on any atom is -0.459 e. The maximum Gasteiger partial charge on any atom is 0.338 e. The Bertz CT molecular complexity index is 764. The lowest BCUT2D eigenvalue weighted by Gasteiger charge is -2.28. The fraction of sp³-hybridized carbons (Fsp3) is 0.364. The predicted molar refractivity (Wildman–Crippen MR) is 110 cm³/mol. The lowest BCUT2D eigenvalue weighted by atomic mass is 9.95. The van der Waals surface area contributed by atoms with Crippen molar-refractivity contribution in [3.05, 3.63) is 59.7 Å². The molecule has 0 heterocycles. The third-order valence-corrected chi connectivity index (χ3v) is 4.39. The number of ether oxygens (including phenoxy) is 2. The number of carbonyl (C=O) groups is 2. The quantitative estimate of drug-likeness (QED) is 0.604. The molecule has 1 fully saturated rings. The minimum atomic E-state index is -0.436. The van der Waals surface area contributed by atoms with Gasteiger partial charge < -0.3 is 20.9 Å². The van der Waals surface area contributed by atoms with Gasteiger partial charge in [-0.1, -0.05) is 32.0 Å². The van der Waals surface area contributed by atoms with Gasteiger partial charge in [0.2, 0.25) is 0 Å². The van der Waals surface area contributed by atoms with Crippen LogP contribution in [0.5, 0.6) is 0 Å². The fourth-order valence-corrected chi connectivity index (χ4v) is 3.08. The zero-order chi connectivity index (χ0) is 20.5. The summed E-state index contributed by atoms with van der Waals surface area (Å²) in [4.78, 5) is 24.3. The zero-order valence-corrected chi connectivity index (χ0v) is 16.4. The summed E-state index contributed by atoms with van der Waals surface area (Å²) in [6.07, 6.45) is 2.27. The summed E-state index contributed by atoms with van der Waals surface area (Å²) in [7, 11) is 0. The number of benzene rings is 2. The molecular formula is C22H28N2O4. The largest absolute Gasteiger partial charge is 0.459 e. The SMILES string of the molecule is CC.Nc1cc(N)cc(C(=O)OC2CCC(OC(=O)c3ccccc3)CC2)c1. The maximum atomic E-state index is 12.2. The molecular weight excluding hydrogens is 356 g/mol. The Kier molecular flexibility index (Phi) is 7.87. The molecule has 2 aromatic rings. The van der Waals surface area contributed by atoms with Crippen LogP contribution in [-0.2, 0) is 9.47 Å². The molecule has 0 spiro atoms. The Labute approximate surface area is 165 Å². The molecule has 0 atom stereocenters. The summed E-state index contributed by atoms with van der Waals surface area (Å²) < 4.78 is 11.1. The van der Waals surface area contributed by atoms with Crippen LogP contribution in [0.1, 0.15) is 60.2 Å². The third-order valence-electron chi connectivity index (χ3n) is 4.39. The molecule has 150 valence electrons. The van der Waals surface area contributed by atoms with Crippen LogP contribution in [-0.4, -0.2) is 24.1 Å². The van der Waals surface area contributed by atoms with E-state index in [4.69, 9.17) is 20.9 Å². The third kappa shape index (κ3) is 6.01. The van der Waals surface area contributed by atoms with Crippen molar-refractivity contribution in [2.45, 2.75) is 51.7 Å². The first kappa shape index (κ1) is 21.3. The zero-order valence-electron chi connectivity index (χ0n) is 16.4. The smallest absolute Gasteiger partial charge is 0.338 e. The van der Waals surface area contributed by atoms with E-state index in [0.717, 1.165) is 0 Å². The molecule has 6 heteroatoms. The van der Waals surface area contributed by atoms with Crippen molar-refractivity contribution in [3.63, 3.8) is 0 Å². The van der Waals surface area contributed by atoms with Crippen molar-refractivity contribution in [2.24, 2.45) is 0 Å². The van der Waals surface area contributed by atoms with Crippen LogP contribution >= 0.6 is 0 Å². The summed E-state index contributed by atoms with van der Waals surface area (Å²) in [5.41, 5.74) is 13.2. The molecule has 0 unspecified atom stereocenters. The predicted octanol–water partition coefficient (Wildman–Crippen LogP) is 4.20. The Balaban J connectivity index is 0.00000136. The highest BCUT2D eigenvalue weighted by Gasteiger charge is 2.27. The Hall–Kier alpha value is -3.02. The molecule has 0 amide bonds. The molecule has 2 aromatic carbocycles. The van der Waals surface area contributed by atoms with E-state index in [1.165, 1.54) is 0 Å². The molecule has 4 N–H and O–H groups in total. The highest BCUT2D eigenvalue weighted by Crippen LogP contribution is 2.25. The van der Waals surface area contributed by atoms with Gasteiger partial charge in [0.05, 0.1) is 11.1 Å². The lowest BCUT2D eigenvalue weighted by Crippen LogP contribution is -2.29. The van der Waals surface area contributed by atoms with E-state index in [1.54, 1.807) is 42.5 Å². The summed E-state index contributed by atoms with van der Waals surface area (Å²) >= 11 is 0. The van der Waals surface area contributed by atoms with Crippen LogP contribution < -0.4 is 11.5 Å². The number of hydrogen-bond acceptors (Lipinski definition) is 6. The molecule has 1 aliphatic rings. The lowest BCUT2D eigenvalue weighted by molar-refractivity contribution is -0.0108. The number of rotatable bonds is 4. The van der Waals surface area contributed by atoms with E-state index >= 15 is 0 Å². The van der Waals surface area contributed by atoms with Crippen LogP contribution in [0.2, 0.25) is 0 Å². The van der Waals surface area contributed by atoms with Crippen molar-refractivity contribution >= 4 is 23.3 Å². The van der Waals surface area contributed by atoms with E-state index < -0.39 is 5.97 Å². The Morgan fingerprint density at radius 3 is 1.64 bits per heavy atom. The number of carbonyl (C=O) groups excluding carboxylic acids is 2. The van der Waals surface area contributed by atoms with E-state index in [2.05, 4.69) is 0 Å². The van der Waals surface area contributed by atoms with Gasteiger partial charge in [0.1, 0.15) is 12.2 Å². The van der Waals surface area contributed by atoms with Gasteiger partial charge in [0.25, 0.3) is 0 Å². The van der Waals surface area contributed by atoms with Crippen LogP contribution in [0.25, 0.3) is 0 Å². The number of nitrogen functional groups attached to an aromatic ring is 2. The second-order valence-electron chi connectivity index (χ2n) is 6.46. The monoisotopic (exact) mass is 384 g/mol. The molecule has 0 aliphatic heterocycles. The molecule has 0 saturated heterocycles. The molecule has 0 aromatic heterocycles. The summed E-state index contributed by atoms with van der Waals surface area (Å²) in [6, 6.07) is 13.6. The van der Waals surface area contributed by atoms with Crippen molar-refractivity contribution < 1.29 is 19.1 Å². The minimum absolute atomic E-state index is 0.152. The average Bonchev–Trinajstić information content (AvgIpc) is 2.71. The summed E-state index contributed by atoms with van der Waals surface area (Å²) in [5, 5.41) is 0. The van der Waals surface area contributed by atoms with Crippen LogP contribution in [0.3, 0.4) is 0 Å². The van der Waals surface area contributed by atoms with Gasteiger partial charge in [-0.2, -0.15) is 0 Å². The highest BCUT2D eigenvalue weighted by atomic mass is 16.6. The highest BCUT2D eigenvalue weighted by molar-refractivity contribution is 5.92. The average molecular weight is 384 g/mol. The summed E-state index contributed by atoms with van der Waals surface area (Å²) in [5.74, 6) is -0.755. The van der Waals surface area contributed by atoms with Crippen LogP contribution in [0.15, 0.2) is 48.5 Å². The van der Waals surface area contributed by atoms with Gasteiger partial charge in [-0.25, -0.2) is 9.59 Å². The molecule has 0 radical (unpaired) electrons. The van der Waals surface area contributed by atoms with Crippen molar-refractivity contribution in [3.8, 4) is 0 Å². The molecule has 3 rings (SSSR count). The van der Waals surface area contributed by atoms with Gasteiger partial charge in [0.15, 0.2) is 0 Å². The molecule has 1 aliphatic carbocycles. The first-order chi connectivity index (χ1) is 13.5. The molecule has 28 heavy (non-hydrogen) atoms. The first-order valence-corrected chi connectivity index (χ1v) is 9.64. The maximum absolute atomic E-state index is 12.2. The van der Waals surface area contributed by atoms with E-state index in [1.807, 2.05) is 19.9 Å². The standard InChI is InChI=1S/C20H22N2O4.C2H6/c21-15-10-14(11-16(22)12-15)20(24)26-18-8-6-17(7-9-18)25-19(23)13-4-2-1-3-5-13;1-2/h1-5,10-12,17-18H,6-9,21-22H2;1-2H3. The van der Waals surface area contributed by atoms with Crippen molar-refractivity contribution in [1.82, 2.24) is 0 Å².